The lowest BCUT2D eigenvalue weighted by molar-refractivity contribution is -0.399. The number of carbonyl (C=O) groups is 2. The van der Waals surface area contributed by atoms with E-state index >= 15 is 0 Å². The molecule has 0 bridgehead atoms. The fourth-order valence-corrected chi connectivity index (χ4v) is 5.53. The summed E-state index contributed by atoms with van der Waals surface area (Å²) in [6, 6.07) is -0.463. The standard InChI is InChI=1S/C27H41N3O17/c28-14-18(37)21(11(6-32)42-24(14)41)44-25-15(29)19(38)22(12(7-33)43-25)45-26-16(30)20(39)23(40)27(8-34,47-26)46-13(35)4-9-2-1-3-10(5-31)17(9)36/h1-3,5,11-12,14-16,18-26,32-34,36-41H,4,6-8,28-30H2/t11-,12-,14-,15-,16-,18-,19-,20-,21?,22?,23+,24-,25+,26+,27+/m1/s1. The lowest BCUT2D eigenvalue weighted by atomic mass is 9.93. The molecule has 0 aliphatic carbocycles. The molecule has 20 nitrogen and oxygen atoms in total. The molecule has 0 spiro atoms. The monoisotopic (exact) mass is 679 g/mol. The maximum atomic E-state index is 12.9. The van der Waals surface area contributed by atoms with Crippen LogP contribution in [0.4, 0.5) is 0 Å². The van der Waals surface area contributed by atoms with E-state index in [1.54, 1.807) is 0 Å². The van der Waals surface area contributed by atoms with Crippen LogP contribution in [0.5, 0.6) is 5.75 Å². The van der Waals surface area contributed by atoms with E-state index in [0.29, 0.717) is 6.29 Å². The Morgan fingerprint density at radius 2 is 1.43 bits per heavy atom. The Morgan fingerprint density at radius 3 is 2.02 bits per heavy atom. The van der Waals surface area contributed by atoms with Crippen molar-refractivity contribution in [2.24, 2.45) is 17.2 Å². The van der Waals surface area contributed by atoms with Crippen LogP contribution in [-0.2, 0) is 39.6 Å². The number of aromatic hydroxyl groups is 1. The van der Waals surface area contributed by atoms with Crippen LogP contribution in [0.15, 0.2) is 18.2 Å². The van der Waals surface area contributed by atoms with E-state index in [9.17, 15) is 55.5 Å². The highest BCUT2D eigenvalue weighted by molar-refractivity contribution is 5.82. The Bertz CT molecular complexity index is 1230. The highest BCUT2D eigenvalue weighted by Crippen LogP contribution is 2.35. The van der Waals surface area contributed by atoms with Gasteiger partial charge in [-0.25, -0.2) is 0 Å². The molecular weight excluding hydrogens is 638 g/mol. The molecule has 3 saturated heterocycles. The molecule has 47 heavy (non-hydrogen) atoms. The molecule has 0 aromatic heterocycles. The van der Waals surface area contributed by atoms with E-state index in [-0.39, 0.29) is 11.1 Å². The Labute approximate surface area is 266 Å². The first-order chi connectivity index (χ1) is 22.2. The maximum absolute atomic E-state index is 12.9. The van der Waals surface area contributed by atoms with Gasteiger partial charge in [0, 0.05) is 5.56 Å². The average Bonchev–Trinajstić information content (AvgIpc) is 3.06. The van der Waals surface area contributed by atoms with Crippen molar-refractivity contribution in [3.8, 4) is 5.75 Å². The molecule has 3 aliphatic rings. The second-order valence-electron chi connectivity index (χ2n) is 11.4. The molecule has 3 heterocycles. The number of aliphatic hydroxyl groups excluding tert-OH is 8. The number of rotatable bonds is 11. The summed E-state index contributed by atoms with van der Waals surface area (Å²) in [7, 11) is 0. The van der Waals surface area contributed by atoms with Crippen LogP contribution < -0.4 is 17.2 Å². The van der Waals surface area contributed by atoms with Gasteiger partial charge in [0.1, 0.15) is 61.2 Å². The van der Waals surface area contributed by atoms with Gasteiger partial charge >= 0.3 is 5.97 Å². The molecule has 1 aromatic carbocycles. The van der Waals surface area contributed by atoms with E-state index in [0.717, 1.165) is 0 Å². The second kappa shape index (κ2) is 15.4. The quantitative estimate of drug-likeness (QED) is 0.0763. The molecule has 3 fully saturated rings. The van der Waals surface area contributed by atoms with Gasteiger partial charge in [0.15, 0.2) is 25.2 Å². The van der Waals surface area contributed by atoms with Crippen LogP contribution in [0.2, 0.25) is 0 Å². The summed E-state index contributed by atoms with van der Waals surface area (Å²) in [5.41, 5.74) is 17.7. The van der Waals surface area contributed by atoms with Crippen molar-refractivity contribution in [2.75, 3.05) is 19.8 Å². The number of para-hydroxylation sites is 1. The van der Waals surface area contributed by atoms with Gasteiger partial charge in [0.25, 0.3) is 5.79 Å². The van der Waals surface area contributed by atoms with Crippen LogP contribution in [-0.4, -0.2) is 170 Å². The first kappa shape index (κ1) is 37.3. The number of nitrogens with two attached hydrogens (primary N) is 3. The zero-order valence-electron chi connectivity index (χ0n) is 24.7. The molecule has 0 radical (unpaired) electrons. The van der Waals surface area contributed by atoms with Gasteiger partial charge in [0.05, 0.1) is 43.3 Å². The number of ether oxygens (including phenoxy) is 6. The third-order valence-corrected chi connectivity index (χ3v) is 8.32. The number of phenolic OH excluding ortho intramolecular Hbond substituents is 1. The minimum Gasteiger partial charge on any atom is -0.507 e. The zero-order valence-corrected chi connectivity index (χ0v) is 24.7. The molecule has 4 rings (SSSR count). The Balaban J connectivity index is 1.50. The smallest absolute Gasteiger partial charge is 0.313 e. The molecule has 0 saturated carbocycles. The number of hydrogen-bond acceptors (Lipinski definition) is 20. The summed E-state index contributed by atoms with van der Waals surface area (Å²) in [5.74, 6) is -4.39. The van der Waals surface area contributed by atoms with E-state index in [2.05, 4.69) is 0 Å². The van der Waals surface area contributed by atoms with Crippen molar-refractivity contribution in [3.63, 3.8) is 0 Å². The molecule has 3 aliphatic heterocycles. The number of aldehydes is 1. The number of phenols is 1. The summed E-state index contributed by atoms with van der Waals surface area (Å²) in [6.45, 7) is -2.82. The maximum Gasteiger partial charge on any atom is 0.313 e. The first-order valence-electron chi connectivity index (χ1n) is 14.5. The van der Waals surface area contributed by atoms with E-state index in [1.807, 2.05) is 0 Å². The molecule has 0 amide bonds. The molecule has 15 N–H and O–H groups in total. The molecule has 1 aromatic rings. The van der Waals surface area contributed by atoms with Gasteiger partial charge in [-0.15, -0.1) is 0 Å². The second-order valence-corrected chi connectivity index (χ2v) is 11.4. The molecule has 15 atom stereocenters. The summed E-state index contributed by atoms with van der Waals surface area (Å²) in [5, 5.41) is 93.1. The van der Waals surface area contributed by atoms with Gasteiger partial charge in [0.2, 0.25) is 0 Å². The Morgan fingerprint density at radius 1 is 0.851 bits per heavy atom. The number of hydrogen-bond donors (Lipinski definition) is 12. The van der Waals surface area contributed by atoms with E-state index in [4.69, 9.17) is 45.6 Å². The normalized spacial score (nSPS) is 42.5. The minimum atomic E-state index is -2.70. The number of aliphatic hydroxyl groups is 8. The third kappa shape index (κ3) is 7.43. The summed E-state index contributed by atoms with van der Waals surface area (Å²) in [4.78, 5) is 24.0. The van der Waals surface area contributed by atoms with Crippen molar-refractivity contribution in [1.82, 2.24) is 0 Å². The zero-order chi connectivity index (χ0) is 34.8. The van der Waals surface area contributed by atoms with Crippen LogP contribution in [0.3, 0.4) is 0 Å². The molecular formula is C27H41N3O17. The van der Waals surface area contributed by atoms with Crippen molar-refractivity contribution < 1.29 is 84.0 Å². The van der Waals surface area contributed by atoms with Gasteiger partial charge in [-0.2, -0.15) is 0 Å². The predicted octanol–water partition coefficient (Wildman–Crippen LogP) is -7.04. The summed E-state index contributed by atoms with van der Waals surface area (Å²) in [6.07, 6.45) is -18.6. The van der Waals surface area contributed by atoms with Gasteiger partial charge in [-0.1, -0.05) is 12.1 Å². The lowest BCUT2D eigenvalue weighted by Gasteiger charge is -2.50. The Kier molecular flexibility index (Phi) is 12.2. The van der Waals surface area contributed by atoms with Crippen molar-refractivity contribution in [1.29, 1.82) is 0 Å². The molecule has 20 heteroatoms. The highest BCUT2D eigenvalue weighted by atomic mass is 16.8. The molecule has 266 valence electrons. The highest BCUT2D eigenvalue weighted by Gasteiger charge is 2.58. The molecule has 2 unspecified atom stereocenters. The Hall–Kier alpha value is -2.48. The van der Waals surface area contributed by atoms with Gasteiger partial charge < -0.3 is 91.6 Å². The summed E-state index contributed by atoms with van der Waals surface area (Å²) < 4.78 is 33.1. The third-order valence-electron chi connectivity index (χ3n) is 8.32. The minimum absolute atomic E-state index is 0.0437. The van der Waals surface area contributed by atoms with Crippen molar-refractivity contribution in [2.45, 2.75) is 98.0 Å². The largest absolute Gasteiger partial charge is 0.507 e. The topological polar surface area (TPSA) is 350 Å². The van der Waals surface area contributed by atoms with Crippen LogP contribution in [0.25, 0.3) is 0 Å². The fourth-order valence-electron chi connectivity index (χ4n) is 5.53. The van der Waals surface area contributed by atoms with Crippen LogP contribution >= 0.6 is 0 Å². The SMILES string of the molecule is N[C@H]1[C@@H](OC2[C@@H](CO)O[C@@H](OC3[C@@H](CO)O[C@@H](O)[C@H](N)[C@H]3O)[C@H](N)[C@H]2O)O[C@](CO)(OC(=O)Cc2cccc(C=O)c2O)[C@@H](O)[C@@H]1O. The lowest BCUT2D eigenvalue weighted by Crippen LogP contribution is -2.72. The predicted molar refractivity (Wildman–Crippen MR) is 149 cm³/mol. The van der Waals surface area contributed by atoms with Crippen molar-refractivity contribution >= 4 is 12.3 Å². The van der Waals surface area contributed by atoms with Gasteiger partial charge in [-0.05, 0) is 6.07 Å². The number of carbonyl (C=O) groups excluding carboxylic acids is 2. The number of esters is 1. The summed E-state index contributed by atoms with van der Waals surface area (Å²) >= 11 is 0. The van der Waals surface area contributed by atoms with E-state index < -0.39 is 130 Å². The van der Waals surface area contributed by atoms with Crippen LogP contribution in [0, 0.1) is 0 Å². The number of benzene rings is 1. The van der Waals surface area contributed by atoms with Crippen molar-refractivity contribution in [3.05, 3.63) is 29.3 Å². The fraction of sp³-hybridized carbons (Fsp3) is 0.704. The van der Waals surface area contributed by atoms with Gasteiger partial charge in [-0.3, -0.25) is 9.59 Å². The average molecular weight is 680 g/mol. The van der Waals surface area contributed by atoms with E-state index in [1.165, 1.54) is 18.2 Å². The van der Waals surface area contributed by atoms with Crippen LogP contribution in [0.1, 0.15) is 15.9 Å². The first-order valence-corrected chi connectivity index (χ1v) is 14.5.